The number of nitrogens with zero attached hydrogens (tertiary/aromatic N) is 1. The van der Waals surface area contributed by atoms with Crippen molar-refractivity contribution in [1.29, 1.82) is 0 Å². The highest BCUT2D eigenvalue weighted by Gasteiger charge is 2.31. The zero-order chi connectivity index (χ0) is 15.6. The Kier molecular flexibility index (Phi) is 5.97. The molecule has 1 aromatic rings. The van der Waals surface area contributed by atoms with Gasteiger partial charge in [0.05, 0.1) is 0 Å². The van der Waals surface area contributed by atoms with Crippen LogP contribution in [0.4, 0.5) is 5.69 Å². The first-order valence-corrected chi connectivity index (χ1v) is 8.87. The molecule has 0 unspecified atom stereocenters. The Morgan fingerprint density at radius 1 is 0.850 bits per heavy atom. The van der Waals surface area contributed by atoms with E-state index in [1.54, 1.807) is 0 Å². The van der Waals surface area contributed by atoms with Gasteiger partial charge in [0.1, 0.15) is 0 Å². The van der Waals surface area contributed by atoms with Crippen LogP contribution in [0.1, 0.15) is 41.5 Å². The molecule has 0 bridgehead atoms. The van der Waals surface area contributed by atoms with Gasteiger partial charge in [-0.3, -0.25) is 0 Å². The van der Waals surface area contributed by atoms with Crippen molar-refractivity contribution in [2.75, 3.05) is 19.0 Å². The van der Waals surface area contributed by atoms with Crippen LogP contribution >= 0.6 is 23.2 Å². The zero-order valence-corrected chi connectivity index (χ0v) is 15.8. The first-order valence-electron chi connectivity index (χ1n) is 7.11. The van der Waals surface area contributed by atoms with E-state index in [1.165, 1.54) is 11.2 Å². The monoisotopic (exact) mass is 309 g/mol. The second kappa shape index (κ2) is 6.70. The van der Waals surface area contributed by atoms with Crippen molar-refractivity contribution in [3.8, 4) is 0 Å². The van der Waals surface area contributed by atoms with Crippen LogP contribution in [-0.4, -0.2) is 28.9 Å². The second-order valence-corrected chi connectivity index (χ2v) is 11.4. The molecule has 0 heterocycles. The smallest absolute Gasteiger partial charge is 0.310 e. The normalized spacial score (nSPS) is 12.4. The fourth-order valence-corrected chi connectivity index (χ4v) is 5.75. The van der Waals surface area contributed by atoms with Gasteiger partial charge in [0.2, 0.25) is 0 Å². The van der Waals surface area contributed by atoms with E-state index >= 15 is 0 Å². The van der Waals surface area contributed by atoms with E-state index < -0.39 is 0 Å². The minimum absolute atomic E-state index is 0.252. The average Bonchev–Trinajstić information content (AvgIpc) is 2.24. The van der Waals surface area contributed by atoms with Crippen LogP contribution in [0.2, 0.25) is 0 Å². The van der Waals surface area contributed by atoms with Gasteiger partial charge >= 0.3 is 5.27 Å². The maximum Gasteiger partial charge on any atom is 0.310 e. The Bertz CT molecular complexity index is 417. The molecule has 0 radical (unpaired) electrons. The summed E-state index contributed by atoms with van der Waals surface area (Å²) in [6.45, 7) is 13.8. The minimum Gasteiger partial charge on any atom is -0.378 e. The predicted octanol–water partition coefficient (Wildman–Crippen LogP) is 4.51. The average molecular weight is 309 g/mol. The summed E-state index contributed by atoms with van der Waals surface area (Å²) < 4.78 is 0.505. The highest BCUT2D eigenvalue weighted by molar-refractivity contribution is 8.56. The number of anilines is 1. The van der Waals surface area contributed by atoms with Crippen LogP contribution < -0.4 is 10.4 Å². The van der Waals surface area contributed by atoms with Gasteiger partial charge in [0.15, 0.2) is 0 Å². The van der Waals surface area contributed by atoms with E-state index in [1.807, 2.05) is 23.2 Å². The predicted molar refractivity (Wildman–Crippen MR) is 101 cm³/mol. The van der Waals surface area contributed by atoms with Crippen LogP contribution in [-0.2, 0) is 0 Å². The fourth-order valence-electron chi connectivity index (χ4n) is 1.89. The second-order valence-electron chi connectivity index (χ2n) is 7.25. The minimum atomic E-state index is 0.252. The summed E-state index contributed by atoms with van der Waals surface area (Å²) in [5, 5.41) is 0.452. The maximum absolute atomic E-state index is 2.30. The molecule has 112 valence electrons. The van der Waals surface area contributed by atoms with Gasteiger partial charge in [-0.15, -0.1) is 0 Å². The summed E-state index contributed by atoms with van der Waals surface area (Å²) in [5.41, 5.74) is 2.75. The van der Waals surface area contributed by atoms with E-state index in [9.17, 15) is 0 Å². The van der Waals surface area contributed by atoms with Crippen molar-refractivity contribution >= 4 is 39.6 Å². The molecular weight excluding hydrogens is 281 g/mol. The molecule has 0 aromatic heterocycles. The third kappa shape index (κ3) is 6.05. The van der Waals surface area contributed by atoms with Gasteiger partial charge in [-0.2, -0.15) is 23.2 Å². The summed E-state index contributed by atoms with van der Waals surface area (Å²) in [6, 6.07) is 8.77. The van der Waals surface area contributed by atoms with Crippen LogP contribution in [0.3, 0.4) is 0 Å². The molecule has 0 saturated heterocycles. The van der Waals surface area contributed by atoms with Crippen LogP contribution in [0, 0.1) is 0 Å². The van der Waals surface area contributed by atoms with E-state index in [2.05, 4.69) is 84.8 Å². The zero-order valence-electron chi connectivity index (χ0n) is 14.2. The molecule has 0 aliphatic rings. The van der Waals surface area contributed by atoms with E-state index in [0.29, 0.717) is 5.27 Å². The third-order valence-electron chi connectivity index (χ3n) is 2.59. The van der Waals surface area contributed by atoms with Gasteiger partial charge in [0.25, 0.3) is 0 Å². The summed E-state index contributed by atoms with van der Waals surface area (Å²) in [7, 11) is 4.25. The Hall–Kier alpha value is -0.215. The molecule has 0 amide bonds. The molecule has 1 rings (SSSR count). The quantitative estimate of drug-likeness (QED) is 0.753. The largest absolute Gasteiger partial charge is 0.378 e. The van der Waals surface area contributed by atoms with Crippen molar-refractivity contribution in [3.63, 3.8) is 0 Å². The SMILES string of the molecule is CN(C)c1ccccc1B(SC(C)(C)C)SC(C)(C)C. The first kappa shape index (κ1) is 17.8. The number of rotatable bonds is 4. The Balaban J connectivity index is 3.16. The molecule has 0 N–H and O–H groups in total. The Labute approximate surface area is 134 Å². The van der Waals surface area contributed by atoms with Crippen molar-refractivity contribution in [3.05, 3.63) is 24.3 Å². The molecule has 0 aliphatic carbocycles. The molecule has 20 heavy (non-hydrogen) atoms. The lowest BCUT2D eigenvalue weighted by Crippen LogP contribution is -2.35. The summed E-state index contributed by atoms with van der Waals surface area (Å²) >= 11 is 4.10. The van der Waals surface area contributed by atoms with Gasteiger partial charge in [0, 0.05) is 19.8 Å². The lowest BCUT2D eigenvalue weighted by molar-refractivity contribution is 0.807. The van der Waals surface area contributed by atoms with Crippen LogP contribution in [0.5, 0.6) is 0 Å². The molecule has 1 nitrogen and oxygen atoms in total. The Morgan fingerprint density at radius 3 is 1.70 bits per heavy atom. The summed E-state index contributed by atoms with van der Waals surface area (Å²) in [5.74, 6) is 0. The van der Waals surface area contributed by atoms with Crippen molar-refractivity contribution in [1.82, 2.24) is 0 Å². The first-order chi connectivity index (χ1) is 8.99. The molecule has 0 saturated carbocycles. The Morgan fingerprint density at radius 2 is 1.30 bits per heavy atom. The molecule has 0 atom stereocenters. The molecular formula is C16H28BNS2. The van der Waals surface area contributed by atoms with Gasteiger partial charge in [-0.25, -0.2) is 0 Å². The summed E-state index contributed by atoms with van der Waals surface area (Å²) in [6.07, 6.45) is 0. The maximum atomic E-state index is 2.30. The fraction of sp³-hybridized carbons (Fsp3) is 0.625. The lowest BCUT2D eigenvalue weighted by Gasteiger charge is -2.31. The molecule has 1 aromatic carbocycles. The third-order valence-corrected chi connectivity index (χ3v) is 5.52. The number of benzene rings is 1. The highest BCUT2D eigenvalue weighted by Crippen LogP contribution is 2.38. The van der Waals surface area contributed by atoms with E-state index in [-0.39, 0.29) is 9.49 Å². The molecule has 0 aliphatic heterocycles. The molecule has 4 heteroatoms. The topological polar surface area (TPSA) is 3.24 Å². The van der Waals surface area contributed by atoms with Crippen molar-refractivity contribution in [2.24, 2.45) is 0 Å². The number of hydrogen-bond acceptors (Lipinski definition) is 3. The van der Waals surface area contributed by atoms with Gasteiger partial charge in [-0.05, 0) is 21.0 Å². The lowest BCUT2D eigenvalue weighted by atomic mass is 9.90. The van der Waals surface area contributed by atoms with Crippen LogP contribution in [0.25, 0.3) is 0 Å². The van der Waals surface area contributed by atoms with Gasteiger partial charge < -0.3 is 4.90 Å². The molecule has 0 fully saturated rings. The van der Waals surface area contributed by atoms with Crippen molar-refractivity contribution < 1.29 is 0 Å². The molecule has 0 spiro atoms. The summed E-state index contributed by atoms with van der Waals surface area (Å²) in [4.78, 5) is 2.22. The number of hydrogen-bond donors (Lipinski definition) is 0. The standard InChI is InChI=1S/C16H28BNS2/c1-15(2,3)19-17(20-16(4,5)6)13-11-9-10-12-14(13)18(7)8/h9-12H,1-8H3. The van der Waals surface area contributed by atoms with Crippen LogP contribution in [0.15, 0.2) is 24.3 Å². The van der Waals surface area contributed by atoms with Gasteiger partial charge in [-0.1, -0.05) is 59.7 Å². The van der Waals surface area contributed by atoms with Crippen molar-refractivity contribution in [2.45, 2.75) is 51.0 Å². The van der Waals surface area contributed by atoms with E-state index in [4.69, 9.17) is 0 Å². The van der Waals surface area contributed by atoms with E-state index in [0.717, 1.165) is 0 Å². The number of para-hydroxylation sites is 1. The highest BCUT2D eigenvalue weighted by atomic mass is 32.2.